The summed E-state index contributed by atoms with van der Waals surface area (Å²) in [5, 5.41) is 0. The molecule has 0 spiro atoms. The normalized spacial score (nSPS) is 27.6. The topological polar surface area (TPSA) is 84.0 Å². The van der Waals surface area contributed by atoms with Crippen molar-refractivity contribution in [2.45, 2.75) is 55.6 Å². The lowest BCUT2D eigenvalue weighted by Gasteiger charge is -2.42. The van der Waals surface area contributed by atoms with Gasteiger partial charge in [0.25, 0.3) is 0 Å². The maximum Gasteiger partial charge on any atom is 0.243 e. The predicted octanol–water partition coefficient (Wildman–Crippen LogP) is 1.67. The summed E-state index contributed by atoms with van der Waals surface area (Å²) in [5.41, 5.74) is 0.425. The first-order valence-corrected chi connectivity index (χ1v) is 10.5. The molecule has 0 bridgehead atoms. The lowest BCUT2D eigenvalue weighted by Crippen LogP contribution is -2.54. The number of fused-ring (bicyclic) bond motifs is 1. The monoisotopic (exact) mass is 378 g/mol. The first kappa shape index (κ1) is 17.6. The molecule has 140 valence electrons. The molecule has 2 saturated heterocycles. The third-order valence-corrected chi connectivity index (χ3v) is 7.37. The number of nitrogens with zero attached hydrogens (tertiary/aromatic N) is 2. The van der Waals surface area contributed by atoms with Gasteiger partial charge in [0.2, 0.25) is 21.8 Å². The van der Waals surface area contributed by atoms with Gasteiger partial charge in [-0.25, -0.2) is 8.42 Å². The zero-order valence-corrected chi connectivity index (χ0v) is 15.3. The van der Waals surface area contributed by atoms with Gasteiger partial charge >= 0.3 is 0 Å². The molecule has 3 fully saturated rings. The quantitative estimate of drug-likeness (QED) is 0.747. The van der Waals surface area contributed by atoms with Crippen molar-refractivity contribution in [3.8, 4) is 0 Å². The second-order valence-corrected chi connectivity index (χ2v) is 8.88. The van der Waals surface area contributed by atoms with Crippen molar-refractivity contribution in [2.75, 3.05) is 18.1 Å². The molecule has 0 aromatic heterocycles. The van der Waals surface area contributed by atoms with E-state index < -0.39 is 10.0 Å². The van der Waals surface area contributed by atoms with Gasteiger partial charge in [0.05, 0.1) is 29.3 Å². The maximum atomic E-state index is 13.1. The van der Waals surface area contributed by atoms with Crippen molar-refractivity contribution in [2.24, 2.45) is 0 Å². The summed E-state index contributed by atoms with van der Waals surface area (Å²) in [7, 11) is -3.63. The van der Waals surface area contributed by atoms with Crippen LogP contribution >= 0.6 is 0 Å². The molecular weight excluding hydrogens is 356 g/mol. The number of hydrogen-bond donors (Lipinski definition) is 0. The van der Waals surface area contributed by atoms with Gasteiger partial charge in [-0.1, -0.05) is 12.8 Å². The van der Waals surface area contributed by atoms with Gasteiger partial charge in [0.1, 0.15) is 0 Å². The Kier molecular flexibility index (Phi) is 4.58. The number of hydrogen-bond acceptors (Lipinski definition) is 5. The molecule has 7 nitrogen and oxygen atoms in total. The molecule has 0 radical (unpaired) electrons. The molecule has 2 heterocycles. The summed E-state index contributed by atoms with van der Waals surface area (Å²) in [6.07, 6.45) is 4.18. The summed E-state index contributed by atoms with van der Waals surface area (Å²) >= 11 is 0. The lowest BCUT2D eigenvalue weighted by atomic mass is 9.91. The van der Waals surface area contributed by atoms with Crippen LogP contribution in [0.5, 0.6) is 0 Å². The number of ether oxygens (including phenoxy) is 1. The van der Waals surface area contributed by atoms with E-state index >= 15 is 0 Å². The van der Waals surface area contributed by atoms with Crippen molar-refractivity contribution in [3.63, 3.8) is 0 Å². The van der Waals surface area contributed by atoms with Crippen LogP contribution in [-0.2, 0) is 24.3 Å². The first-order valence-electron chi connectivity index (χ1n) is 9.08. The van der Waals surface area contributed by atoms with Gasteiger partial charge in [0, 0.05) is 19.4 Å². The van der Waals surface area contributed by atoms with E-state index in [1.165, 1.54) is 24.3 Å². The van der Waals surface area contributed by atoms with Gasteiger partial charge in [-0.2, -0.15) is 4.31 Å². The van der Waals surface area contributed by atoms with Crippen molar-refractivity contribution < 1.29 is 22.7 Å². The molecule has 1 saturated carbocycles. The van der Waals surface area contributed by atoms with Gasteiger partial charge in [0.15, 0.2) is 0 Å². The first-order chi connectivity index (χ1) is 12.5. The van der Waals surface area contributed by atoms with Crippen molar-refractivity contribution in [1.29, 1.82) is 0 Å². The van der Waals surface area contributed by atoms with E-state index in [9.17, 15) is 18.0 Å². The number of benzene rings is 1. The number of morpholine rings is 1. The van der Waals surface area contributed by atoms with Crippen LogP contribution in [0.15, 0.2) is 29.2 Å². The fraction of sp³-hybridized carbons (Fsp3) is 0.556. The molecular formula is C18H22N2O5S. The number of imide groups is 1. The second-order valence-electron chi connectivity index (χ2n) is 6.99. The number of anilines is 1. The highest BCUT2D eigenvalue weighted by atomic mass is 32.2. The fourth-order valence-corrected chi connectivity index (χ4v) is 5.79. The van der Waals surface area contributed by atoms with Crippen LogP contribution in [0.1, 0.15) is 38.5 Å². The standard InChI is InChI=1S/C18H22N2O5S/c21-17-9-10-18(22)20(17)13-5-7-14(8-6-13)26(23,24)19-11-12-25-16-4-2-1-3-15(16)19/h5-8,15-16H,1-4,9-12H2. The third kappa shape index (κ3) is 2.95. The summed E-state index contributed by atoms with van der Waals surface area (Å²) in [6.45, 7) is 0.767. The minimum atomic E-state index is -3.63. The lowest BCUT2D eigenvalue weighted by molar-refractivity contribution is -0.121. The molecule has 2 aliphatic heterocycles. The van der Waals surface area contributed by atoms with E-state index in [2.05, 4.69) is 0 Å². The highest BCUT2D eigenvalue weighted by Gasteiger charge is 2.41. The van der Waals surface area contributed by atoms with Crippen molar-refractivity contribution >= 4 is 27.5 Å². The van der Waals surface area contributed by atoms with E-state index in [0.717, 1.165) is 30.6 Å². The zero-order valence-electron chi connectivity index (χ0n) is 14.5. The van der Waals surface area contributed by atoms with Gasteiger partial charge in [-0.05, 0) is 37.1 Å². The average molecular weight is 378 g/mol. The highest BCUT2D eigenvalue weighted by Crippen LogP contribution is 2.33. The average Bonchev–Trinajstić information content (AvgIpc) is 2.99. The molecule has 1 aliphatic carbocycles. The van der Waals surface area contributed by atoms with E-state index in [-0.39, 0.29) is 41.7 Å². The van der Waals surface area contributed by atoms with Crippen LogP contribution < -0.4 is 4.90 Å². The summed E-state index contributed by atoms with van der Waals surface area (Å²) < 4.78 is 33.6. The van der Waals surface area contributed by atoms with Crippen LogP contribution in [0.4, 0.5) is 5.69 Å². The SMILES string of the molecule is O=C1CCC(=O)N1c1ccc(S(=O)(=O)N2CCOC3CCCCC32)cc1. The van der Waals surface area contributed by atoms with Crippen molar-refractivity contribution in [1.82, 2.24) is 4.31 Å². The number of amides is 2. The van der Waals surface area contributed by atoms with E-state index in [4.69, 9.17) is 4.74 Å². The Bertz CT molecular complexity index is 802. The molecule has 0 N–H and O–H groups in total. The molecule has 3 aliphatic rings. The molecule has 26 heavy (non-hydrogen) atoms. The minimum Gasteiger partial charge on any atom is -0.375 e. The second kappa shape index (κ2) is 6.75. The maximum absolute atomic E-state index is 13.1. The predicted molar refractivity (Wildman–Crippen MR) is 94.1 cm³/mol. The number of carbonyl (C=O) groups excluding carboxylic acids is 2. The molecule has 1 aromatic carbocycles. The fourth-order valence-electron chi connectivity index (χ4n) is 4.13. The van der Waals surface area contributed by atoms with Crippen molar-refractivity contribution in [3.05, 3.63) is 24.3 Å². The zero-order chi connectivity index (χ0) is 18.3. The Labute approximate surface area is 153 Å². The van der Waals surface area contributed by atoms with Crippen LogP contribution in [0.25, 0.3) is 0 Å². The third-order valence-electron chi connectivity index (χ3n) is 5.43. The minimum absolute atomic E-state index is 0.0219. The molecule has 1 aromatic rings. The number of carbonyl (C=O) groups is 2. The Morgan fingerprint density at radius 1 is 0.962 bits per heavy atom. The molecule has 8 heteroatoms. The van der Waals surface area contributed by atoms with Crippen LogP contribution in [-0.4, -0.2) is 49.8 Å². The molecule has 2 unspecified atom stereocenters. The highest BCUT2D eigenvalue weighted by molar-refractivity contribution is 7.89. The Balaban J connectivity index is 1.60. The smallest absolute Gasteiger partial charge is 0.243 e. The summed E-state index contributed by atoms with van der Waals surface area (Å²) in [5.74, 6) is -0.493. The molecule has 4 rings (SSSR count). The Morgan fingerprint density at radius 3 is 2.31 bits per heavy atom. The number of sulfonamides is 1. The number of rotatable bonds is 3. The van der Waals surface area contributed by atoms with Gasteiger partial charge in [-0.3, -0.25) is 14.5 Å². The van der Waals surface area contributed by atoms with Crippen LogP contribution in [0.3, 0.4) is 0 Å². The van der Waals surface area contributed by atoms with Gasteiger partial charge < -0.3 is 4.74 Å². The van der Waals surface area contributed by atoms with E-state index in [1.54, 1.807) is 4.31 Å². The Morgan fingerprint density at radius 2 is 1.62 bits per heavy atom. The molecule has 2 amide bonds. The summed E-state index contributed by atoms with van der Waals surface area (Å²) in [4.78, 5) is 25.0. The Hall–Kier alpha value is -1.77. The van der Waals surface area contributed by atoms with Crippen LogP contribution in [0, 0.1) is 0 Å². The summed E-state index contributed by atoms with van der Waals surface area (Å²) in [6, 6.07) is 5.93. The molecule has 2 atom stereocenters. The van der Waals surface area contributed by atoms with E-state index in [1.807, 2.05) is 0 Å². The van der Waals surface area contributed by atoms with Gasteiger partial charge in [-0.15, -0.1) is 0 Å². The largest absolute Gasteiger partial charge is 0.375 e. The van der Waals surface area contributed by atoms with E-state index in [0.29, 0.717) is 18.8 Å². The van der Waals surface area contributed by atoms with Crippen LogP contribution in [0.2, 0.25) is 0 Å².